The number of nitrogens with zero attached hydrogens (tertiary/aromatic N) is 1. The molecule has 0 aliphatic rings. The molecule has 202 valence electrons. The average Bonchev–Trinajstić information content (AvgIpc) is 3.64. The SMILES string of the molecule is c1cc(-c2ccc3ccccc3c2)cc(N(c2cccc3c2sc2ccccc23)c2cccc3sc4ccccc4c23)c1. The third kappa shape index (κ3) is 3.97. The molecule has 0 unspecified atom stereocenters. The molecule has 0 aliphatic carbocycles. The predicted molar refractivity (Wildman–Crippen MR) is 190 cm³/mol. The highest BCUT2D eigenvalue weighted by Gasteiger charge is 2.22. The first-order valence-corrected chi connectivity index (χ1v) is 16.1. The van der Waals surface area contributed by atoms with Crippen molar-refractivity contribution in [2.24, 2.45) is 0 Å². The van der Waals surface area contributed by atoms with Crippen molar-refractivity contribution in [2.45, 2.75) is 0 Å². The normalized spacial score (nSPS) is 11.7. The van der Waals surface area contributed by atoms with Gasteiger partial charge in [0.2, 0.25) is 0 Å². The maximum atomic E-state index is 2.49. The van der Waals surface area contributed by atoms with E-state index in [1.807, 2.05) is 22.7 Å². The van der Waals surface area contributed by atoms with Crippen molar-refractivity contribution >= 4 is 90.9 Å². The van der Waals surface area contributed by atoms with Gasteiger partial charge < -0.3 is 4.90 Å². The molecule has 0 radical (unpaired) electrons. The van der Waals surface area contributed by atoms with Crippen LogP contribution in [0, 0.1) is 0 Å². The Bertz CT molecular complexity index is 2480. The van der Waals surface area contributed by atoms with E-state index in [2.05, 4.69) is 157 Å². The van der Waals surface area contributed by atoms with Crippen LogP contribution in [0.2, 0.25) is 0 Å². The molecule has 0 saturated carbocycles. The van der Waals surface area contributed by atoms with Crippen molar-refractivity contribution in [3.63, 3.8) is 0 Å². The molecule has 0 saturated heterocycles. The number of hydrogen-bond acceptors (Lipinski definition) is 3. The van der Waals surface area contributed by atoms with Crippen molar-refractivity contribution in [1.82, 2.24) is 0 Å². The summed E-state index contributed by atoms with van der Waals surface area (Å²) in [7, 11) is 0. The van der Waals surface area contributed by atoms with Crippen LogP contribution in [0.5, 0.6) is 0 Å². The van der Waals surface area contributed by atoms with Gasteiger partial charge in [0, 0.05) is 41.3 Å². The van der Waals surface area contributed by atoms with Gasteiger partial charge in [-0.15, -0.1) is 22.7 Å². The number of benzene rings is 7. The Morgan fingerprint density at radius 1 is 0.395 bits per heavy atom. The van der Waals surface area contributed by atoms with Gasteiger partial charge in [-0.3, -0.25) is 0 Å². The van der Waals surface area contributed by atoms with E-state index in [0.29, 0.717) is 0 Å². The molecule has 0 bridgehead atoms. The second-order valence-electron chi connectivity index (χ2n) is 10.9. The lowest BCUT2D eigenvalue weighted by molar-refractivity contribution is 1.32. The van der Waals surface area contributed by atoms with Gasteiger partial charge in [-0.05, 0) is 70.4 Å². The fraction of sp³-hybridized carbons (Fsp3) is 0. The van der Waals surface area contributed by atoms with Crippen LogP contribution in [0.1, 0.15) is 0 Å². The Morgan fingerprint density at radius 2 is 1.05 bits per heavy atom. The summed E-state index contributed by atoms with van der Waals surface area (Å²) in [6, 6.07) is 55.5. The number of anilines is 3. The number of rotatable bonds is 4. The van der Waals surface area contributed by atoms with Crippen LogP contribution < -0.4 is 4.90 Å². The maximum Gasteiger partial charge on any atom is 0.0640 e. The van der Waals surface area contributed by atoms with Crippen molar-refractivity contribution in [3.8, 4) is 11.1 Å². The molecule has 0 amide bonds. The van der Waals surface area contributed by atoms with Gasteiger partial charge in [0.25, 0.3) is 0 Å². The van der Waals surface area contributed by atoms with E-state index >= 15 is 0 Å². The van der Waals surface area contributed by atoms with E-state index in [1.165, 1.54) is 73.6 Å². The molecular weight excluding hydrogens is 559 g/mol. The molecule has 9 aromatic rings. The molecule has 0 fully saturated rings. The second-order valence-corrected chi connectivity index (χ2v) is 13.1. The summed E-state index contributed by atoms with van der Waals surface area (Å²) in [5.74, 6) is 0. The summed E-state index contributed by atoms with van der Waals surface area (Å²) in [5.41, 5.74) is 5.99. The van der Waals surface area contributed by atoms with E-state index in [0.717, 1.165) is 5.69 Å². The first kappa shape index (κ1) is 24.6. The molecule has 7 aromatic carbocycles. The average molecular weight is 584 g/mol. The van der Waals surface area contributed by atoms with Gasteiger partial charge in [0.05, 0.1) is 16.1 Å². The lowest BCUT2D eigenvalue weighted by Crippen LogP contribution is -2.10. The summed E-state index contributed by atoms with van der Waals surface area (Å²) >= 11 is 3.75. The molecule has 2 heterocycles. The molecular formula is C40H25NS2. The van der Waals surface area contributed by atoms with Crippen molar-refractivity contribution in [1.29, 1.82) is 0 Å². The number of fused-ring (bicyclic) bond motifs is 7. The quantitative estimate of drug-likeness (QED) is 0.199. The molecule has 0 spiro atoms. The van der Waals surface area contributed by atoms with Crippen molar-refractivity contribution in [2.75, 3.05) is 4.90 Å². The van der Waals surface area contributed by atoms with E-state index in [4.69, 9.17) is 0 Å². The smallest absolute Gasteiger partial charge is 0.0640 e. The Kier molecular flexibility index (Phi) is 5.62. The highest BCUT2D eigenvalue weighted by Crippen LogP contribution is 2.49. The molecule has 0 atom stereocenters. The summed E-state index contributed by atoms with van der Waals surface area (Å²) in [4.78, 5) is 2.49. The number of thiophene rings is 2. The van der Waals surface area contributed by atoms with Gasteiger partial charge in [-0.1, -0.05) is 103 Å². The van der Waals surface area contributed by atoms with Crippen LogP contribution in [-0.4, -0.2) is 0 Å². The molecule has 2 aromatic heterocycles. The molecule has 0 N–H and O–H groups in total. The zero-order valence-electron chi connectivity index (χ0n) is 23.2. The molecule has 1 nitrogen and oxygen atoms in total. The summed E-state index contributed by atoms with van der Waals surface area (Å²) in [6.07, 6.45) is 0. The van der Waals surface area contributed by atoms with E-state index in [1.54, 1.807) is 0 Å². The van der Waals surface area contributed by atoms with E-state index < -0.39 is 0 Å². The first-order chi connectivity index (χ1) is 21.3. The standard InChI is InChI=1S/C40H25NS2/c1-2-11-27-24-29(23-22-26(27)10-1)28-12-7-13-30(25-28)41(34-17-9-21-38-39(34)33-15-4-6-20-37(33)42-38)35-18-8-16-32-31-14-3-5-19-36(31)43-40(32)35/h1-25H. The van der Waals surface area contributed by atoms with Gasteiger partial charge in [0.15, 0.2) is 0 Å². The van der Waals surface area contributed by atoms with Gasteiger partial charge >= 0.3 is 0 Å². The van der Waals surface area contributed by atoms with E-state index in [9.17, 15) is 0 Å². The largest absolute Gasteiger partial charge is 0.308 e. The van der Waals surface area contributed by atoms with Gasteiger partial charge in [-0.2, -0.15) is 0 Å². The fourth-order valence-electron chi connectivity index (χ4n) is 6.45. The van der Waals surface area contributed by atoms with Crippen LogP contribution in [0.3, 0.4) is 0 Å². The highest BCUT2D eigenvalue weighted by atomic mass is 32.1. The lowest BCUT2D eigenvalue weighted by Gasteiger charge is -2.27. The summed E-state index contributed by atoms with van der Waals surface area (Å²) in [5, 5.41) is 7.74. The lowest BCUT2D eigenvalue weighted by atomic mass is 10.00. The summed E-state index contributed by atoms with van der Waals surface area (Å²) in [6.45, 7) is 0. The zero-order valence-corrected chi connectivity index (χ0v) is 24.8. The van der Waals surface area contributed by atoms with Gasteiger partial charge in [0.1, 0.15) is 0 Å². The van der Waals surface area contributed by atoms with Crippen molar-refractivity contribution < 1.29 is 0 Å². The molecule has 43 heavy (non-hydrogen) atoms. The molecule has 9 rings (SSSR count). The van der Waals surface area contributed by atoms with Crippen LogP contribution in [-0.2, 0) is 0 Å². The van der Waals surface area contributed by atoms with Crippen LogP contribution in [0.25, 0.3) is 62.2 Å². The second kappa shape index (κ2) is 9.81. The van der Waals surface area contributed by atoms with Crippen LogP contribution in [0.4, 0.5) is 17.1 Å². The fourth-order valence-corrected chi connectivity index (χ4v) is 8.79. The van der Waals surface area contributed by atoms with E-state index in [-0.39, 0.29) is 0 Å². The minimum absolute atomic E-state index is 1.15. The minimum atomic E-state index is 1.15. The topological polar surface area (TPSA) is 3.24 Å². The Hall–Kier alpha value is -4.96. The Balaban J connectivity index is 1.33. The third-order valence-electron chi connectivity index (χ3n) is 8.43. The Morgan fingerprint density at radius 3 is 1.95 bits per heavy atom. The molecule has 0 aliphatic heterocycles. The van der Waals surface area contributed by atoms with Crippen LogP contribution >= 0.6 is 22.7 Å². The maximum absolute atomic E-state index is 2.49. The Labute approximate surface area is 257 Å². The van der Waals surface area contributed by atoms with Crippen molar-refractivity contribution in [3.05, 3.63) is 152 Å². The first-order valence-electron chi connectivity index (χ1n) is 14.5. The highest BCUT2D eigenvalue weighted by molar-refractivity contribution is 7.26. The number of hydrogen-bond donors (Lipinski definition) is 0. The van der Waals surface area contributed by atoms with Gasteiger partial charge in [-0.25, -0.2) is 0 Å². The predicted octanol–water partition coefficient (Wildman–Crippen LogP) is 12.7. The third-order valence-corrected chi connectivity index (χ3v) is 10.8. The van der Waals surface area contributed by atoms with Crippen LogP contribution in [0.15, 0.2) is 152 Å². The minimum Gasteiger partial charge on any atom is -0.308 e. The monoisotopic (exact) mass is 583 g/mol. The summed E-state index contributed by atoms with van der Waals surface area (Å²) < 4.78 is 5.23. The zero-order chi connectivity index (χ0) is 28.3. The molecule has 3 heteroatoms.